The van der Waals surface area contributed by atoms with E-state index in [0.29, 0.717) is 0 Å². The normalized spacial score (nSPS) is 19.0. The lowest BCUT2D eigenvalue weighted by atomic mass is 9.90. The monoisotopic (exact) mass is 485 g/mol. The molecule has 0 aromatic heterocycles. The lowest BCUT2D eigenvalue weighted by Crippen LogP contribution is -2.58. The Labute approximate surface area is 183 Å². The number of halogens is 6. The minimum Gasteiger partial charge on any atom is -0.485 e. The summed E-state index contributed by atoms with van der Waals surface area (Å²) in [7, 11) is 0. The second-order valence-electron chi connectivity index (χ2n) is 7.76. The lowest BCUT2D eigenvalue weighted by molar-refractivity contribution is -0.278. The fourth-order valence-corrected chi connectivity index (χ4v) is 2.76. The highest BCUT2D eigenvalue weighted by Crippen LogP contribution is 2.35. The molecule has 4 N–H and O–H groups in total. The Kier molecular flexibility index (Phi) is 7.51. The van der Waals surface area contributed by atoms with Crippen LogP contribution in [0.1, 0.15) is 20.3 Å². The number of anilines is 1. The van der Waals surface area contributed by atoms with Crippen LogP contribution in [0.2, 0.25) is 0 Å². The van der Waals surface area contributed by atoms with E-state index in [0.717, 1.165) is 26.0 Å². The fraction of sp³-hybridized carbons (Fsp3) is 0.526. The molecular formula is C19H21F6N3O5. The van der Waals surface area contributed by atoms with E-state index in [4.69, 9.17) is 4.74 Å². The minimum absolute atomic E-state index is 0.0336. The summed E-state index contributed by atoms with van der Waals surface area (Å²) in [6.07, 6.45) is -7.27. The van der Waals surface area contributed by atoms with Crippen LogP contribution in [0.5, 0.6) is 5.75 Å². The highest BCUT2D eigenvalue weighted by atomic mass is 19.4. The van der Waals surface area contributed by atoms with E-state index in [1.54, 1.807) is 0 Å². The molecule has 0 saturated heterocycles. The Morgan fingerprint density at radius 3 is 2.36 bits per heavy atom. The maximum Gasteiger partial charge on any atom is 0.455 e. The number of aliphatic hydroxyl groups excluding tert-OH is 1. The Hall–Kier alpha value is -3.03. The summed E-state index contributed by atoms with van der Waals surface area (Å²) in [4.78, 5) is 37.5. The van der Waals surface area contributed by atoms with Crippen LogP contribution in [0, 0.1) is 11.2 Å². The van der Waals surface area contributed by atoms with Crippen molar-refractivity contribution in [3.05, 3.63) is 24.0 Å². The smallest absolute Gasteiger partial charge is 0.455 e. The van der Waals surface area contributed by atoms with E-state index < -0.39 is 66.4 Å². The largest absolute Gasteiger partial charge is 0.485 e. The van der Waals surface area contributed by atoms with Gasteiger partial charge in [-0.3, -0.25) is 14.4 Å². The maximum absolute atomic E-state index is 13.5. The first-order chi connectivity index (χ1) is 15.1. The van der Waals surface area contributed by atoms with Crippen molar-refractivity contribution in [2.75, 3.05) is 18.5 Å². The topological polar surface area (TPSA) is 117 Å². The summed E-state index contributed by atoms with van der Waals surface area (Å²) in [5.41, 5.74) is -2.25. The highest BCUT2D eigenvalue weighted by molar-refractivity contribution is 6.07. The fourth-order valence-electron chi connectivity index (χ4n) is 2.76. The van der Waals surface area contributed by atoms with Crippen molar-refractivity contribution in [3.8, 4) is 5.75 Å². The second-order valence-corrected chi connectivity index (χ2v) is 7.76. The number of amides is 3. The van der Waals surface area contributed by atoms with E-state index >= 15 is 0 Å². The third kappa shape index (κ3) is 5.86. The summed E-state index contributed by atoms with van der Waals surface area (Å²) in [6, 6.07) is 1.68. The van der Waals surface area contributed by atoms with Crippen LogP contribution >= 0.6 is 0 Å². The van der Waals surface area contributed by atoms with Gasteiger partial charge in [0.05, 0.1) is 12.2 Å². The predicted octanol–water partition coefficient (Wildman–Crippen LogP) is 1.73. The van der Waals surface area contributed by atoms with Gasteiger partial charge in [0.25, 0.3) is 5.91 Å². The first kappa shape index (κ1) is 26.2. The summed E-state index contributed by atoms with van der Waals surface area (Å²) in [5, 5.41) is 15.2. The molecule has 8 nitrogen and oxygen atoms in total. The van der Waals surface area contributed by atoms with Gasteiger partial charge in [0.1, 0.15) is 29.1 Å². The van der Waals surface area contributed by atoms with Crippen LogP contribution < -0.4 is 20.7 Å². The van der Waals surface area contributed by atoms with Gasteiger partial charge in [-0.05, 0) is 26.0 Å². The number of rotatable bonds is 7. The van der Waals surface area contributed by atoms with E-state index in [2.05, 4.69) is 10.6 Å². The van der Waals surface area contributed by atoms with Crippen molar-refractivity contribution in [1.82, 2.24) is 10.6 Å². The molecule has 0 spiro atoms. The number of hydrogen-bond acceptors (Lipinski definition) is 5. The molecule has 2 atom stereocenters. The van der Waals surface area contributed by atoms with E-state index in [9.17, 15) is 45.8 Å². The average molecular weight is 485 g/mol. The third-order valence-corrected chi connectivity index (χ3v) is 4.85. The van der Waals surface area contributed by atoms with Crippen LogP contribution in [0.3, 0.4) is 0 Å². The van der Waals surface area contributed by atoms with Gasteiger partial charge in [-0.2, -0.15) is 22.0 Å². The van der Waals surface area contributed by atoms with Gasteiger partial charge in [-0.15, -0.1) is 0 Å². The molecule has 0 saturated carbocycles. The van der Waals surface area contributed by atoms with Gasteiger partial charge in [0.2, 0.25) is 11.8 Å². The van der Waals surface area contributed by atoms with Crippen LogP contribution in [0.25, 0.3) is 0 Å². The van der Waals surface area contributed by atoms with Crippen molar-refractivity contribution >= 4 is 23.4 Å². The van der Waals surface area contributed by atoms with Crippen molar-refractivity contribution in [3.63, 3.8) is 0 Å². The zero-order valence-corrected chi connectivity index (χ0v) is 17.4. The zero-order valence-electron chi connectivity index (χ0n) is 17.4. The number of fused-ring (bicyclic) bond motifs is 1. The number of alkyl halides is 5. The van der Waals surface area contributed by atoms with Crippen LogP contribution in [0.15, 0.2) is 18.2 Å². The molecule has 0 aliphatic carbocycles. The summed E-state index contributed by atoms with van der Waals surface area (Å²) in [5.74, 6) is -9.44. The quantitative estimate of drug-likeness (QED) is 0.347. The molecule has 0 fully saturated rings. The van der Waals surface area contributed by atoms with Gasteiger partial charge in [-0.25, -0.2) is 4.39 Å². The molecule has 0 bridgehead atoms. The molecule has 184 valence electrons. The Balaban J connectivity index is 2.18. The Bertz CT molecular complexity index is 922. The van der Waals surface area contributed by atoms with Gasteiger partial charge >= 0.3 is 12.1 Å². The zero-order chi connectivity index (χ0) is 25.2. The molecule has 14 heteroatoms. The summed E-state index contributed by atoms with van der Waals surface area (Å²) >= 11 is 0. The number of carbonyl (C=O) groups is 3. The van der Waals surface area contributed by atoms with Crippen LogP contribution in [0.4, 0.5) is 32.0 Å². The maximum atomic E-state index is 13.5. The van der Waals surface area contributed by atoms with Crippen molar-refractivity contribution < 1.29 is 50.6 Å². The number of hydrogen-bond donors (Lipinski definition) is 4. The average Bonchev–Trinajstić information content (AvgIpc) is 2.82. The minimum atomic E-state index is -5.91. The standard InChI is InChI=1S/C19H21F6N3O5/c1-17(2,15(31)26-8-18(21,22)19(23,24)25)16(32)28-13-12(5-6-29)33-11-4-3-9(20)7-10(11)27-14(13)30/h3-4,7,12-13,29H,5-6,8H2,1-2H3,(H,26,31)(H,27,30)(H,28,32)/t12?,13-/m1/s1. The lowest BCUT2D eigenvalue weighted by Gasteiger charge is -2.29. The molecule has 3 amide bonds. The van der Waals surface area contributed by atoms with Crippen LogP contribution in [-0.2, 0) is 14.4 Å². The van der Waals surface area contributed by atoms with Crippen molar-refractivity contribution in [1.29, 1.82) is 0 Å². The Morgan fingerprint density at radius 1 is 1.15 bits per heavy atom. The van der Waals surface area contributed by atoms with Gasteiger partial charge < -0.3 is 25.8 Å². The van der Waals surface area contributed by atoms with E-state index in [-0.39, 0.29) is 17.9 Å². The number of aliphatic hydroxyl groups is 1. The number of benzene rings is 1. The molecule has 1 aliphatic rings. The molecule has 0 radical (unpaired) electrons. The molecule has 1 unspecified atom stereocenters. The van der Waals surface area contributed by atoms with E-state index in [1.165, 1.54) is 11.4 Å². The van der Waals surface area contributed by atoms with Gasteiger partial charge in [0.15, 0.2) is 0 Å². The number of ether oxygens (including phenoxy) is 1. The van der Waals surface area contributed by atoms with Crippen LogP contribution in [-0.4, -0.2) is 60.2 Å². The first-order valence-corrected chi connectivity index (χ1v) is 9.52. The van der Waals surface area contributed by atoms with Crippen molar-refractivity contribution in [2.24, 2.45) is 5.41 Å². The second kappa shape index (κ2) is 9.45. The predicted molar refractivity (Wildman–Crippen MR) is 101 cm³/mol. The summed E-state index contributed by atoms with van der Waals surface area (Å²) < 4.78 is 82.2. The van der Waals surface area contributed by atoms with Gasteiger partial charge in [-0.1, -0.05) is 0 Å². The molecule has 1 aromatic rings. The molecular weight excluding hydrogens is 464 g/mol. The molecule has 33 heavy (non-hydrogen) atoms. The Morgan fingerprint density at radius 2 is 1.79 bits per heavy atom. The molecule has 2 rings (SSSR count). The summed E-state index contributed by atoms with van der Waals surface area (Å²) in [6.45, 7) is -0.682. The molecule has 1 aliphatic heterocycles. The van der Waals surface area contributed by atoms with E-state index in [1.807, 2.05) is 0 Å². The highest BCUT2D eigenvalue weighted by Gasteiger charge is 2.57. The first-order valence-electron chi connectivity index (χ1n) is 9.52. The third-order valence-electron chi connectivity index (χ3n) is 4.85. The number of nitrogens with one attached hydrogen (secondary N) is 3. The van der Waals surface area contributed by atoms with Crippen molar-refractivity contribution in [2.45, 2.75) is 44.5 Å². The molecule has 1 aromatic carbocycles. The van der Waals surface area contributed by atoms with Gasteiger partial charge in [0, 0.05) is 19.1 Å². The molecule has 1 heterocycles. The number of carbonyl (C=O) groups excluding carboxylic acids is 3. The SMILES string of the molecule is CC(C)(C(=O)NCC(F)(F)C(F)(F)F)C(=O)N[C@H]1C(=O)Nc2cc(F)ccc2OC1CCO.